The Morgan fingerprint density at radius 2 is 1.47 bits per heavy atom. The number of hydrogen-bond acceptors (Lipinski definition) is 8. The zero-order valence-electron chi connectivity index (χ0n) is 23.2. The molecule has 1 aliphatic rings. The minimum atomic E-state index is -1.87. The molecule has 0 saturated carbocycles. The molecule has 0 bridgehead atoms. The summed E-state index contributed by atoms with van der Waals surface area (Å²) in [6.07, 6.45) is -2.57. The number of carboxylic acid groups (broad SMARTS) is 1. The second-order valence-corrected chi connectivity index (χ2v) is 11.0. The summed E-state index contributed by atoms with van der Waals surface area (Å²) in [5.41, 5.74) is 2.13. The number of aliphatic hydroxyl groups excluding tert-OH is 1. The number of carbonyl (C=O) groups is 4. The van der Waals surface area contributed by atoms with E-state index in [0.29, 0.717) is 11.1 Å². The molecule has 1 unspecified atom stereocenters. The summed E-state index contributed by atoms with van der Waals surface area (Å²) in [6, 6.07) is 20.8. The first kappa shape index (κ1) is 31.4. The third kappa shape index (κ3) is 8.97. The van der Waals surface area contributed by atoms with Gasteiger partial charge in [-0.25, -0.2) is 9.59 Å². The van der Waals surface area contributed by atoms with Crippen LogP contribution in [-0.2, 0) is 38.6 Å². The molecule has 1 fully saturated rings. The molecule has 0 aromatic heterocycles. The maximum absolute atomic E-state index is 13.8. The van der Waals surface area contributed by atoms with Gasteiger partial charge in [0.2, 0.25) is 11.8 Å². The molecule has 5 N–H and O–H groups in total. The van der Waals surface area contributed by atoms with E-state index < -0.39 is 48.1 Å². The van der Waals surface area contributed by atoms with Gasteiger partial charge >= 0.3 is 12.1 Å². The van der Waals surface area contributed by atoms with E-state index in [2.05, 4.69) is 10.6 Å². The fraction of sp³-hybridized carbons (Fsp3) is 0.290. The molecule has 4 atom stereocenters. The first-order valence-electron chi connectivity index (χ1n) is 13.6. The maximum atomic E-state index is 13.8. The Morgan fingerprint density at radius 3 is 2.09 bits per heavy atom. The summed E-state index contributed by atoms with van der Waals surface area (Å²) < 4.78 is 5.33. The molecule has 3 amide bonds. The molecule has 0 aliphatic carbocycles. The SMILES string of the molecule is O=C(N[C@@H](Cc1ccc(O)cc1)C(=O)N1CSC[C@H]1C(=O)N[C@@H](Cc1ccccc1)C(O)C(=O)O)OCc1ccccc1. The molecule has 1 saturated heterocycles. The Kier molecular flexibility index (Phi) is 11.0. The number of benzene rings is 3. The van der Waals surface area contributed by atoms with Crippen molar-refractivity contribution in [1.82, 2.24) is 15.5 Å². The highest BCUT2D eigenvalue weighted by molar-refractivity contribution is 7.99. The summed E-state index contributed by atoms with van der Waals surface area (Å²) in [7, 11) is 0. The quantitative estimate of drug-likeness (QED) is 0.208. The molecular formula is C31H33N3O8S. The van der Waals surface area contributed by atoms with Crippen molar-refractivity contribution in [2.24, 2.45) is 0 Å². The highest BCUT2D eigenvalue weighted by atomic mass is 32.2. The molecule has 12 heteroatoms. The molecule has 1 aliphatic heterocycles. The van der Waals surface area contributed by atoms with E-state index in [0.717, 1.165) is 5.56 Å². The molecular weight excluding hydrogens is 574 g/mol. The lowest BCUT2D eigenvalue weighted by Gasteiger charge is -2.30. The Morgan fingerprint density at radius 1 is 0.860 bits per heavy atom. The number of thioether (sulfide) groups is 1. The van der Waals surface area contributed by atoms with E-state index in [1.807, 2.05) is 18.2 Å². The molecule has 0 spiro atoms. The number of carboxylic acids is 1. The summed E-state index contributed by atoms with van der Waals surface area (Å²) >= 11 is 1.33. The van der Waals surface area contributed by atoms with E-state index in [1.165, 1.54) is 28.8 Å². The Hall–Kier alpha value is -4.55. The standard InChI is InChI=1S/C31H33N3O8S/c35-23-13-11-21(12-14-23)16-25(33-31(41)42-17-22-9-5-2-6-10-22)29(38)34-19-43-18-26(34)28(37)32-24(27(36)30(39)40)15-20-7-3-1-4-8-20/h1-14,24-27,35-36H,15-19H2,(H,32,37)(H,33,41)(H,39,40)/t24-,25-,26-,27?/m0/s1. The van der Waals surface area contributed by atoms with Crippen LogP contribution >= 0.6 is 11.8 Å². The molecule has 3 aromatic rings. The van der Waals surface area contributed by atoms with Crippen LogP contribution in [0.15, 0.2) is 84.9 Å². The summed E-state index contributed by atoms with van der Waals surface area (Å²) in [4.78, 5) is 52.9. The fourth-order valence-electron chi connectivity index (χ4n) is 4.61. The van der Waals surface area contributed by atoms with Crippen LogP contribution in [0.1, 0.15) is 16.7 Å². The number of alkyl carbamates (subject to hydrolysis) is 1. The predicted molar refractivity (Wildman–Crippen MR) is 159 cm³/mol. The van der Waals surface area contributed by atoms with Crippen LogP contribution in [0.4, 0.5) is 4.79 Å². The fourth-order valence-corrected chi connectivity index (χ4v) is 5.78. The van der Waals surface area contributed by atoms with Gasteiger partial charge in [-0.3, -0.25) is 9.59 Å². The van der Waals surface area contributed by atoms with E-state index in [-0.39, 0.29) is 36.8 Å². The molecule has 3 aromatic carbocycles. The number of aromatic hydroxyl groups is 1. The van der Waals surface area contributed by atoms with E-state index >= 15 is 0 Å². The van der Waals surface area contributed by atoms with Gasteiger partial charge in [-0.15, -0.1) is 11.8 Å². The molecule has 226 valence electrons. The van der Waals surface area contributed by atoms with Crippen LogP contribution in [0, 0.1) is 0 Å². The van der Waals surface area contributed by atoms with Crippen molar-refractivity contribution in [2.45, 2.75) is 43.7 Å². The summed E-state index contributed by atoms with van der Waals surface area (Å²) in [5.74, 6) is -2.19. The van der Waals surface area contributed by atoms with Gasteiger partial charge in [0.25, 0.3) is 0 Å². The Balaban J connectivity index is 1.48. The predicted octanol–water partition coefficient (Wildman–Crippen LogP) is 2.30. The lowest BCUT2D eigenvalue weighted by molar-refractivity contribution is -0.149. The van der Waals surface area contributed by atoms with Crippen molar-refractivity contribution >= 4 is 35.6 Å². The van der Waals surface area contributed by atoms with Gasteiger partial charge in [0.05, 0.1) is 11.9 Å². The number of carbonyl (C=O) groups excluding carboxylic acids is 3. The van der Waals surface area contributed by atoms with Crippen LogP contribution in [0.5, 0.6) is 5.75 Å². The number of aliphatic hydroxyl groups is 1. The van der Waals surface area contributed by atoms with Crippen LogP contribution in [-0.4, -0.2) is 80.0 Å². The first-order valence-corrected chi connectivity index (χ1v) is 14.7. The number of rotatable bonds is 12. The summed E-state index contributed by atoms with van der Waals surface area (Å²) in [6.45, 7) is -0.00784. The van der Waals surface area contributed by atoms with Crippen molar-refractivity contribution in [3.05, 3.63) is 102 Å². The van der Waals surface area contributed by atoms with Gasteiger partial charge in [0, 0.05) is 12.2 Å². The number of nitrogens with zero attached hydrogens (tertiary/aromatic N) is 1. The Labute approximate surface area is 252 Å². The number of nitrogens with one attached hydrogen (secondary N) is 2. The van der Waals surface area contributed by atoms with Crippen molar-refractivity contribution in [2.75, 3.05) is 11.6 Å². The second-order valence-electron chi connectivity index (χ2n) is 10.0. The number of aliphatic carboxylic acids is 1. The van der Waals surface area contributed by atoms with E-state index in [1.54, 1.807) is 54.6 Å². The first-order chi connectivity index (χ1) is 20.7. The number of hydrogen-bond donors (Lipinski definition) is 5. The molecule has 0 radical (unpaired) electrons. The van der Waals surface area contributed by atoms with Gasteiger partial charge < -0.3 is 35.6 Å². The largest absolute Gasteiger partial charge is 0.508 e. The number of amides is 3. The number of phenolic OH excluding ortho intramolecular Hbond substituents is 1. The normalized spacial score (nSPS) is 16.5. The van der Waals surface area contributed by atoms with E-state index in [4.69, 9.17) is 4.74 Å². The Bertz CT molecular complexity index is 1390. The second kappa shape index (κ2) is 15.1. The minimum Gasteiger partial charge on any atom is -0.508 e. The minimum absolute atomic E-state index is 0.00784. The van der Waals surface area contributed by atoms with Crippen molar-refractivity contribution < 1.29 is 39.2 Å². The maximum Gasteiger partial charge on any atom is 0.408 e. The van der Waals surface area contributed by atoms with Crippen LogP contribution in [0.3, 0.4) is 0 Å². The molecule has 4 rings (SSSR count). The molecule has 43 heavy (non-hydrogen) atoms. The topological polar surface area (TPSA) is 166 Å². The van der Waals surface area contributed by atoms with E-state index in [9.17, 15) is 34.5 Å². The van der Waals surface area contributed by atoms with Crippen LogP contribution < -0.4 is 10.6 Å². The average molecular weight is 608 g/mol. The van der Waals surface area contributed by atoms with Crippen molar-refractivity contribution in [1.29, 1.82) is 0 Å². The smallest absolute Gasteiger partial charge is 0.408 e. The van der Waals surface area contributed by atoms with Gasteiger partial charge in [0.15, 0.2) is 6.10 Å². The van der Waals surface area contributed by atoms with Crippen molar-refractivity contribution in [3.63, 3.8) is 0 Å². The van der Waals surface area contributed by atoms with Gasteiger partial charge in [-0.05, 0) is 35.2 Å². The van der Waals surface area contributed by atoms with Gasteiger partial charge in [-0.1, -0.05) is 72.8 Å². The van der Waals surface area contributed by atoms with Gasteiger partial charge in [-0.2, -0.15) is 0 Å². The summed E-state index contributed by atoms with van der Waals surface area (Å²) in [5, 5.41) is 34.7. The zero-order valence-corrected chi connectivity index (χ0v) is 24.0. The zero-order chi connectivity index (χ0) is 30.8. The number of ether oxygens (including phenoxy) is 1. The molecule has 11 nitrogen and oxygen atoms in total. The monoisotopic (exact) mass is 607 g/mol. The van der Waals surface area contributed by atoms with Crippen molar-refractivity contribution in [3.8, 4) is 5.75 Å². The van der Waals surface area contributed by atoms with Crippen LogP contribution in [0.25, 0.3) is 0 Å². The number of phenols is 1. The third-order valence-corrected chi connectivity index (χ3v) is 7.92. The van der Waals surface area contributed by atoms with Crippen LogP contribution in [0.2, 0.25) is 0 Å². The highest BCUT2D eigenvalue weighted by Gasteiger charge is 2.40. The third-order valence-electron chi connectivity index (χ3n) is 6.91. The molecule has 1 heterocycles. The highest BCUT2D eigenvalue weighted by Crippen LogP contribution is 2.24. The lowest BCUT2D eigenvalue weighted by Crippen LogP contribution is -2.57. The average Bonchev–Trinajstić information content (AvgIpc) is 3.51. The van der Waals surface area contributed by atoms with Gasteiger partial charge in [0.1, 0.15) is 24.4 Å². The lowest BCUT2D eigenvalue weighted by atomic mass is 10.0.